The Bertz CT molecular complexity index is 855. The standard InChI is InChI=1S/C14H17FN4O3S3/c1-9(2)23-14-18-17-13(24-14)16-12(20)8-19(25(3,21)22)11-7-5-4-6-10(11)15/h4-7,9H,8H2,1-3H3,(H,16,17,20). The second kappa shape index (κ2) is 8.11. The van der Waals surface area contributed by atoms with Crippen LogP contribution >= 0.6 is 23.1 Å². The summed E-state index contributed by atoms with van der Waals surface area (Å²) in [5.41, 5.74) is -0.187. The minimum absolute atomic E-state index is 0.187. The van der Waals surface area contributed by atoms with E-state index in [9.17, 15) is 17.6 Å². The van der Waals surface area contributed by atoms with Crippen LogP contribution in [0.4, 0.5) is 15.2 Å². The third-order valence-electron chi connectivity index (χ3n) is 2.80. The minimum Gasteiger partial charge on any atom is -0.299 e. The van der Waals surface area contributed by atoms with E-state index in [1.54, 1.807) is 0 Å². The Labute approximate surface area is 153 Å². The molecule has 7 nitrogen and oxygen atoms in total. The number of rotatable bonds is 7. The third-order valence-corrected chi connectivity index (χ3v) is 5.85. The van der Waals surface area contributed by atoms with Gasteiger partial charge in [-0.1, -0.05) is 49.1 Å². The summed E-state index contributed by atoms with van der Waals surface area (Å²) in [6.07, 6.45) is 0.912. The largest absolute Gasteiger partial charge is 0.299 e. The van der Waals surface area contributed by atoms with Gasteiger partial charge in [-0.15, -0.1) is 10.2 Å². The molecule has 0 saturated carbocycles. The van der Waals surface area contributed by atoms with Gasteiger partial charge in [-0.25, -0.2) is 12.8 Å². The maximum Gasteiger partial charge on any atom is 0.246 e. The van der Waals surface area contributed by atoms with E-state index in [1.165, 1.54) is 41.3 Å². The lowest BCUT2D eigenvalue weighted by atomic mass is 10.3. The normalized spacial score (nSPS) is 11.6. The molecule has 1 heterocycles. The van der Waals surface area contributed by atoms with Crippen molar-refractivity contribution in [2.24, 2.45) is 0 Å². The molecule has 0 radical (unpaired) electrons. The number of para-hydroxylation sites is 1. The van der Waals surface area contributed by atoms with Gasteiger partial charge in [0.1, 0.15) is 12.4 Å². The van der Waals surface area contributed by atoms with E-state index in [0.717, 1.165) is 12.3 Å². The molecule has 25 heavy (non-hydrogen) atoms. The number of aromatic nitrogens is 2. The van der Waals surface area contributed by atoms with Crippen LogP contribution in [-0.2, 0) is 14.8 Å². The quantitative estimate of drug-likeness (QED) is 0.563. The van der Waals surface area contributed by atoms with Crippen molar-refractivity contribution < 1.29 is 17.6 Å². The van der Waals surface area contributed by atoms with Crippen LogP contribution in [0.3, 0.4) is 0 Å². The molecule has 0 spiro atoms. The molecule has 2 rings (SSSR count). The van der Waals surface area contributed by atoms with Crippen LogP contribution in [-0.4, -0.2) is 42.6 Å². The Morgan fingerprint density at radius 3 is 2.64 bits per heavy atom. The number of hydrogen-bond acceptors (Lipinski definition) is 7. The zero-order valence-corrected chi connectivity index (χ0v) is 16.2. The second-order valence-electron chi connectivity index (χ2n) is 5.31. The van der Waals surface area contributed by atoms with E-state index >= 15 is 0 Å². The summed E-state index contributed by atoms with van der Waals surface area (Å²) in [5, 5.41) is 10.8. The van der Waals surface area contributed by atoms with E-state index in [-0.39, 0.29) is 10.8 Å². The van der Waals surface area contributed by atoms with Crippen molar-refractivity contribution in [3.63, 3.8) is 0 Å². The maximum absolute atomic E-state index is 13.9. The summed E-state index contributed by atoms with van der Waals surface area (Å²) in [7, 11) is -3.84. The van der Waals surface area contributed by atoms with Crippen LogP contribution in [0.2, 0.25) is 0 Å². The molecule has 0 aliphatic carbocycles. The Hall–Kier alpha value is -1.72. The summed E-state index contributed by atoms with van der Waals surface area (Å²) < 4.78 is 39.2. The first-order valence-electron chi connectivity index (χ1n) is 7.19. The summed E-state index contributed by atoms with van der Waals surface area (Å²) in [4.78, 5) is 12.2. The molecule has 0 fully saturated rings. The molecule has 1 N–H and O–H groups in total. The molecule has 0 aliphatic rings. The van der Waals surface area contributed by atoms with Crippen LogP contribution in [0.5, 0.6) is 0 Å². The lowest BCUT2D eigenvalue weighted by Gasteiger charge is -2.21. The Morgan fingerprint density at radius 1 is 1.36 bits per heavy atom. The maximum atomic E-state index is 13.9. The van der Waals surface area contributed by atoms with Crippen molar-refractivity contribution in [3.05, 3.63) is 30.1 Å². The zero-order chi connectivity index (χ0) is 18.6. The van der Waals surface area contributed by atoms with Crippen LogP contribution in [0.25, 0.3) is 0 Å². The molecule has 11 heteroatoms. The predicted octanol–water partition coefficient (Wildman–Crippen LogP) is 2.58. The number of carbonyl (C=O) groups is 1. The molecule has 0 atom stereocenters. The van der Waals surface area contributed by atoms with Gasteiger partial charge in [0, 0.05) is 5.25 Å². The summed E-state index contributed by atoms with van der Waals surface area (Å²) in [6.45, 7) is 3.44. The fourth-order valence-electron chi connectivity index (χ4n) is 1.83. The van der Waals surface area contributed by atoms with Crippen molar-refractivity contribution in [1.29, 1.82) is 0 Å². The van der Waals surface area contributed by atoms with Gasteiger partial charge in [0.25, 0.3) is 0 Å². The van der Waals surface area contributed by atoms with E-state index < -0.39 is 28.3 Å². The highest BCUT2D eigenvalue weighted by atomic mass is 32.2. The summed E-state index contributed by atoms with van der Waals surface area (Å²) in [5.74, 6) is -1.36. The van der Waals surface area contributed by atoms with Crippen molar-refractivity contribution >= 4 is 49.8 Å². The average molecular weight is 405 g/mol. The molecule has 0 aliphatic heterocycles. The van der Waals surface area contributed by atoms with Gasteiger partial charge in [-0.05, 0) is 12.1 Å². The molecule has 2 aromatic rings. The van der Waals surface area contributed by atoms with E-state index in [1.807, 2.05) is 13.8 Å². The molecule has 0 saturated heterocycles. The first kappa shape index (κ1) is 19.6. The lowest BCUT2D eigenvalue weighted by molar-refractivity contribution is -0.114. The summed E-state index contributed by atoms with van der Waals surface area (Å²) in [6, 6.07) is 5.36. The van der Waals surface area contributed by atoms with Gasteiger partial charge in [-0.3, -0.25) is 14.4 Å². The Kier molecular flexibility index (Phi) is 6.36. The van der Waals surface area contributed by atoms with E-state index in [4.69, 9.17) is 0 Å². The number of nitrogens with one attached hydrogen (secondary N) is 1. The van der Waals surface area contributed by atoms with Crippen LogP contribution in [0, 0.1) is 5.82 Å². The number of benzene rings is 1. The van der Waals surface area contributed by atoms with Crippen LogP contribution < -0.4 is 9.62 Å². The number of halogens is 1. The minimum atomic E-state index is -3.84. The number of amides is 1. The van der Waals surface area contributed by atoms with Crippen molar-refractivity contribution in [1.82, 2.24) is 10.2 Å². The van der Waals surface area contributed by atoms with E-state index in [2.05, 4.69) is 15.5 Å². The molecule has 1 aromatic heterocycles. The lowest BCUT2D eigenvalue weighted by Crippen LogP contribution is -2.38. The number of nitrogens with zero attached hydrogens (tertiary/aromatic N) is 3. The molecule has 0 bridgehead atoms. The van der Waals surface area contributed by atoms with Gasteiger partial charge < -0.3 is 0 Å². The number of anilines is 2. The fraction of sp³-hybridized carbons (Fsp3) is 0.357. The van der Waals surface area contributed by atoms with Crippen molar-refractivity contribution in [2.75, 3.05) is 22.4 Å². The molecule has 1 aromatic carbocycles. The summed E-state index contributed by atoms with van der Waals surface area (Å²) >= 11 is 2.69. The molecular formula is C14H17FN4O3S3. The number of sulfonamides is 1. The highest BCUT2D eigenvalue weighted by molar-refractivity contribution is 8.01. The van der Waals surface area contributed by atoms with Gasteiger partial charge in [0.05, 0.1) is 11.9 Å². The predicted molar refractivity (Wildman–Crippen MR) is 98.1 cm³/mol. The number of hydrogen-bond donors (Lipinski definition) is 1. The second-order valence-corrected chi connectivity index (χ2v) is 10.0. The zero-order valence-electron chi connectivity index (χ0n) is 13.8. The van der Waals surface area contributed by atoms with Crippen LogP contribution in [0.15, 0.2) is 28.6 Å². The van der Waals surface area contributed by atoms with Crippen molar-refractivity contribution in [3.8, 4) is 0 Å². The number of carbonyl (C=O) groups excluding carboxylic acids is 1. The van der Waals surface area contributed by atoms with Gasteiger partial charge in [-0.2, -0.15) is 0 Å². The average Bonchev–Trinajstić information content (AvgIpc) is 2.90. The highest BCUT2D eigenvalue weighted by Gasteiger charge is 2.24. The third kappa shape index (κ3) is 5.65. The van der Waals surface area contributed by atoms with Gasteiger partial charge in [0.15, 0.2) is 4.34 Å². The first-order valence-corrected chi connectivity index (χ1v) is 10.7. The monoisotopic (exact) mass is 404 g/mol. The fourth-order valence-corrected chi connectivity index (χ4v) is 4.68. The van der Waals surface area contributed by atoms with Gasteiger partial charge in [0.2, 0.25) is 21.1 Å². The van der Waals surface area contributed by atoms with Crippen LogP contribution in [0.1, 0.15) is 13.8 Å². The molecular weight excluding hydrogens is 387 g/mol. The number of thioether (sulfide) groups is 1. The molecule has 136 valence electrons. The molecule has 0 unspecified atom stereocenters. The van der Waals surface area contributed by atoms with Crippen molar-refractivity contribution in [2.45, 2.75) is 23.4 Å². The smallest absolute Gasteiger partial charge is 0.246 e. The molecule has 1 amide bonds. The SMILES string of the molecule is CC(C)Sc1nnc(NC(=O)CN(c2ccccc2F)S(C)(=O)=O)s1. The first-order chi connectivity index (χ1) is 11.7. The Balaban J connectivity index is 2.13. The van der Waals surface area contributed by atoms with Gasteiger partial charge >= 0.3 is 0 Å². The topological polar surface area (TPSA) is 92.3 Å². The Morgan fingerprint density at radius 2 is 2.04 bits per heavy atom. The van der Waals surface area contributed by atoms with E-state index in [0.29, 0.717) is 13.9 Å². The highest BCUT2D eigenvalue weighted by Crippen LogP contribution is 2.28.